The fourth-order valence-corrected chi connectivity index (χ4v) is 0.314. The van der Waals surface area contributed by atoms with Crippen molar-refractivity contribution >= 4 is 5.91 Å². The smallest absolute Gasteiger partial charge is 1.00 e. The topological polar surface area (TPSA) is 87.1 Å². The first-order chi connectivity index (χ1) is 4.09. The Kier molecular flexibility index (Phi) is 6.46. The van der Waals surface area contributed by atoms with Gasteiger partial charge in [-0.3, -0.25) is 4.79 Å². The van der Waals surface area contributed by atoms with E-state index < -0.39 is 11.5 Å². The molecule has 0 bridgehead atoms. The van der Waals surface area contributed by atoms with E-state index in [-0.39, 0.29) is 36.7 Å². The number of allylic oxidation sites excluding steroid dienone is 1. The van der Waals surface area contributed by atoms with Crippen LogP contribution in [0.2, 0.25) is 0 Å². The molecule has 0 aromatic heterocycles. The number of nitrogens with two attached hydrogens (primary N) is 1. The van der Waals surface area contributed by atoms with Crippen LogP contribution in [0.3, 0.4) is 0 Å². The summed E-state index contributed by atoms with van der Waals surface area (Å²) in [5.41, 5.74) is 4.28. The Hall–Kier alpha value is -0.500. The first-order valence-electron chi connectivity index (χ1n) is 2.19. The fraction of sp³-hybridized carbons (Fsp3) is 0.200. The summed E-state index contributed by atoms with van der Waals surface area (Å²) in [6.07, 6.45) is 0. The predicted molar refractivity (Wildman–Crippen MR) is 31.2 cm³/mol. The van der Waals surface area contributed by atoms with Crippen molar-refractivity contribution in [2.24, 2.45) is 5.73 Å². The van der Waals surface area contributed by atoms with E-state index in [4.69, 9.17) is 10.4 Å². The summed E-state index contributed by atoms with van der Waals surface area (Å²) in [7, 11) is 0. The van der Waals surface area contributed by atoms with E-state index in [0.29, 0.717) is 0 Å². The van der Waals surface area contributed by atoms with E-state index in [0.717, 1.165) is 0 Å². The molecule has 0 aliphatic rings. The molecular formula is C5H7N2NaO2. The minimum atomic E-state index is -0.905. The van der Waals surface area contributed by atoms with E-state index in [2.05, 4.69) is 5.73 Å². The summed E-state index contributed by atoms with van der Waals surface area (Å²) in [6, 6.07) is 1.46. The number of carbonyl (C=O) groups is 1. The molecule has 0 aliphatic heterocycles. The second kappa shape index (κ2) is 5.30. The van der Waals surface area contributed by atoms with E-state index >= 15 is 0 Å². The monoisotopic (exact) mass is 150 g/mol. The fourth-order valence-electron chi connectivity index (χ4n) is 0.314. The first kappa shape index (κ1) is 12.2. The van der Waals surface area contributed by atoms with Crippen molar-refractivity contribution in [3.63, 3.8) is 0 Å². The number of hydrogen-bond acceptors (Lipinski definition) is 3. The van der Waals surface area contributed by atoms with Crippen molar-refractivity contribution in [3.05, 3.63) is 11.3 Å². The van der Waals surface area contributed by atoms with Crippen molar-refractivity contribution in [1.29, 1.82) is 5.26 Å². The summed E-state index contributed by atoms with van der Waals surface area (Å²) in [4.78, 5) is 10.2. The van der Waals surface area contributed by atoms with Gasteiger partial charge in [0.05, 0.1) is 0 Å². The van der Waals surface area contributed by atoms with Crippen LogP contribution in [0, 0.1) is 11.3 Å². The third-order valence-electron chi connectivity index (χ3n) is 0.720. The normalized spacial score (nSPS) is 10.4. The van der Waals surface area contributed by atoms with E-state index in [1.54, 1.807) is 0 Å². The summed E-state index contributed by atoms with van der Waals surface area (Å²) in [5.74, 6) is -1.25. The predicted octanol–water partition coefficient (Wildman–Crippen LogP) is -3.06. The molecule has 0 saturated heterocycles. The summed E-state index contributed by atoms with van der Waals surface area (Å²) in [5, 5.41) is 16.6. The average Bonchev–Trinajstić information content (AvgIpc) is 1.64. The van der Waals surface area contributed by atoms with Gasteiger partial charge in [0.1, 0.15) is 11.8 Å². The molecule has 0 fully saturated rings. The van der Waals surface area contributed by atoms with Gasteiger partial charge in [-0.1, -0.05) is 0 Å². The molecule has 0 atom stereocenters. The summed E-state index contributed by atoms with van der Waals surface area (Å²) < 4.78 is 0. The molecule has 1 amide bonds. The van der Waals surface area contributed by atoms with Crippen molar-refractivity contribution in [1.82, 2.24) is 0 Å². The Morgan fingerprint density at radius 3 is 2.20 bits per heavy atom. The van der Waals surface area contributed by atoms with Gasteiger partial charge >= 0.3 is 29.6 Å². The molecule has 0 aromatic carbocycles. The molecule has 10 heavy (non-hydrogen) atoms. The maximum Gasteiger partial charge on any atom is 1.00 e. The Labute approximate surface area is 82.1 Å². The Balaban J connectivity index is -0.000000320. The van der Waals surface area contributed by atoms with Gasteiger partial charge in [0.25, 0.3) is 5.91 Å². The van der Waals surface area contributed by atoms with Crippen LogP contribution >= 0.6 is 0 Å². The molecule has 0 radical (unpaired) electrons. The molecule has 0 saturated carbocycles. The zero-order valence-electron chi connectivity index (χ0n) is 6.88. The minimum absolute atomic E-state index is 0. The van der Waals surface area contributed by atoms with Gasteiger partial charge in [-0.2, -0.15) is 5.26 Å². The molecular weight excluding hydrogens is 143 g/mol. The van der Waals surface area contributed by atoms with Gasteiger partial charge in [-0.15, -0.1) is 0 Å². The van der Waals surface area contributed by atoms with Crippen LogP contribution < -0.4 is 35.3 Å². The standard InChI is InChI=1S/C5H6N2O2.Na.H/c1-3(8)4(2-6)5(7)9;;/h8H,1H3,(H2,7,9);;/q;+1;-1/b4-3-;;. The maximum atomic E-state index is 10.2. The van der Waals surface area contributed by atoms with Crippen LogP contribution in [0.1, 0.15) is 8.35 Å². The van der Waals surface area contributed by atoms with Gasteiger partial charge in [-0.25, -0.2) is 0 Å². The second-order valence-corrected chi connectivity index (χ2v) is 1.44. The molecule has 0 unspecified atom stereocenters. The molecule has 0 spiro atoms. The van der Waals surface area contributed by atoms with Gasteiger partial charge in [-0.05, 0) is 6.92 Å². The van der Waals surface area contributed by atoms with E-state index in [1.165, 1.54) is 13.0 Å². The molecule has 0 aliphatic carbocycles. The maximum absolute atomic E-state index is 10.2. The van der Waals surface area contributed by atoms with Crippen molar-refractivity contribution in [2.45, 2.75) is 6.92 Å². The number of carbonyl (C=O) groups excluding carboxylic acids is 1. The Morgan fingerprint density at radius 2 is 2.20 bits per heavy atom. The summed E-state index contributed by atoms with van der Waals surface area (Å²) in [6.45, 7) is 1.23. The average molecular weight is 150 g/mol. The molecule has 50 valence electrons. The molecule has 5 heteroatoms. The van der Waals surface area contributed by atoms with Crippen LogP contribution in [0.5, 0.6) is 0 Å². The molecule has 4 nitrogen and oxygen atoms in total. The van der Waals surface area contributed by atoms with Crippen LogP contribution in [0.4, 0.5) is 0 Å². The van der Waals surface area contributed by atoms with E-state index in [1.807, 2.05) is 0 Å². The van der Waals surface area contributed by atoms with E-state index in [9.17, 15) is 4.79 Å². The number of nitriles is 1. The SMILES string of the molecule is C/C(O)=C(\C#N)C(N)=O.[H-].[Na+]. The molecule has 0 aromatic rings. The molecule has 0 rings (SSSR count). The largest absolute Gasteiger partial charge is 1.00 e. The van der Waals surface area contributed by atoms with Crippen LogP contribution in [0.15, 0.2) is 11.3 Å². The number of aliphatic hydroxyl groups excluding tert-OH is 1. The van der Waals surface area contributed by atoms with Gasteiger partial charge in [0.2, 0.25) is 0 Å². The number of aliphatic hydroxyl groups is 1. The number of primary amides is 1. The third-order valence-corrected chi connectivity index (χ3v) is 0.720. The van der Waals surface area contributed by atoms with Gasteiger partial charge in [0.15, 0.2) is 5.57 Å². The van der Waals surface area contributed by atoms with Gasteiger partial charge < -0.3 is 12.3 Å². The van der Waals surface area contributed by atoms with Crippen molar-refractivity contribution in [2.75, 3.05) is 0 Å². The van der Waals surface area contributed by atoms with Crippen LogP contribution in [-0.2, 0) is 4.79 Å². The Bertz CT molecular complexity index is 205. The molecule has 0 heterocycles. The van der Waals surface area contributed by atoms with Crippen molar-refractivity contribution < 1.29 is 40.9 Å². The quantitative estimate of drug-likeness (QED) is 0.180. The number of hydrogen-bond donors (Lipinski definition) is 2. The van der Waals surface area contributed by atoms with Gasteiger partial charge in [0, 0.05) is 0 Å². The second-order valence-electron chi connectivity index (χ2n) is 1.44. The summed E-state index contributed by atoms with van der Waals surface area (Å²) >= 11 is 0. The first-order valence-corrected chi connectivity index (χ1v) is 2.19. The van der Waals surface area contributed by atoms with Crippen LogP contribution in [0.25, 0.3) is 0 Å². The number of rotatable bonds is 1. The van der Waals surface area contributed by atoms with Crippen LogP contribution in [-0.4, -0.2) is 11.0 Å². The van der Waals surface area contributed by atoms with Crippen molar-refractivity contribution in [3.8, 4) is 6.07 Å². The number of amides is 1. The number of nitrogens with zero attached hydrogens (tertiary/aromatic N) is 1. The zero-order chi connectivity index (χ0) is 7.44. The third kappa shape index (κ3) is 3.51. The molecule has 3 N–H and O–H groups in total. The minimum Gasteiger partial charge on any atom is -1.00 e. The zero-order valence-corrected chi connectivity index (χ0v) is 7.88. The Morgan fingerprint density at radius 1 is 1.80 bits per heavy atom.